The highest BCUT2D eigenvalue weighted by molar-refractivity contribution is 6.09. The van der Waals surface area contributed by atoms with Crippen LogP contribution in [0.15, 0.2) is 0 Å². The summed E-state index contributed by atoms with van der Waals surface area (Å²) in [6, 6.07) is -0.423. The van der Waals surface area contributed by atoms with Crippen LogP contribution in [-0.4, -0.2) is 72.1 Å². The Labute approximate surface area is 167 Å². The second kappa shape index (κ2) is 9.22. The van der Waals surface area contributed by atoms with Crippen LogP contribution in [0, 0.1) is 5.92 Å². The van der Waals surface area contributed by atoms with Gasteiger partial charge in [0.2, 0.25) is 5.91 Å². The van der Waals surface area contributed by atoms with Gasteiger partial charge < -0.3 is 20.7 Å². The molecule has 1 aliphatic carbocycles. The number of nitrogens with zero attached hydrogens (tertiary/aromatic N) is 2. The molecule has 0 aromatic heterocycles. The number of ether oxygens (including phenoxy) is 1. The lowest BCUT2D eigenvalue weighted by molar-refractivity contribution is -0.141. The summed E-state index contributed by atoms with van der Waals surface area (Å²) in [6.07, 6.45) is 6.89. The Morgan fingerprint density at radius 2 is 1.89 bits per heavy atom. The predicted molar refractivity (Wildman–Crippen MR) is 104 cm³/mol. The zero-order valence-corrected chi connectivity index (χ0v) is 17.0. The standard InChI is InChI=1S/C20H34N4O4/c1-2-15-4-8-20(9-5-15)18(26)24(19(27)22-20)14-17(25)23-11-6-16(7-12-23)28-13-3-10-21/h15-16H,2-14,21H2,1H3,(H,22,27). The number of piperidine rings is 1. The number of amides is 4. The third-order valence-corrected chi connectivity index (χ3v) is 6.57. The fourth-order valence-electron chi connectivity index (χ4n) is 4.58. The number of hydrogen-bond donors (Lipinski definition) is 2. The van der Waals surface area contributed by atoms with E-state index in [1.54, 1.807) is 4.90 Å². The SMILES string of the molecule is CCC1CCC2(CC1)NC(=O)N(CC(=O)N1CCC(OCCCN)CC1)C2=O. The second-order valence-corrected chi connectivity index (χ2v) is 8.35. The van der Waals surface area contributed by atoms with E-state index in [0.29, 0.717) is 45.0 Å². The first kappa shape index (κ1) is 21.0. The molecule has 3 rings (SSSR count). The Balaban J connectivity index is 1.49. The van der Waals surface area contributed by atoms with Crippen molar-refractivity contribution in [1.82, 2.24) is 15.1 Å². The predicted octanol–water partition coefficient (Wildman–Crippen LogP) is 1.23. The molecule has 158 valence electrons. The fraction of sp³-hybridized carbons (Fsp3) is 0.850. The minimum Gasteiger partial charge on any atom is -0.378 e. The lowest BCUT2D eigenvalue weighted by Gasteiger charge is -2.35. The number of nitrogens with two attached hydrogens (primary N) is 1. The Bertz CT molecular complexity index is 581. The molecule has 0 atom stereocenters. The van der Waals surface area contributed by atoms with Gasteiger partial charge in [0.1, 0.15) is 12.1 Å². The topological polar surface area (TPSA) is 105 Å². The Morgan fingerprint density at radius 1 is 1.21 bits per heavy atom. The summed E-state index contributed by atoms with van der Waals surface area (Å²) in [7, 11) is 0. The number of hydrogen-bond acceptors (Lipinski definition) is 5. The van der Waals surface area contributed by atoms with Crippen molar-refractivity contribution in [2.75, 3.05) is 32.8 Å². The average Bonchev–Trinajstić information content (AvgIpc) is 2.93. The van der Waals surface area contributed by atoms with Gasteiger partial charge in [0, 0.05) is 19.7 Å². The van der Waals surface area contributed by atoms with E-state index in [-0.39, 0.29) is 24.5 Å². The van der Waals surface area contributed by atoms with E-state index >= 15 is 0 Å². The summed E-state index contributed by atoms with van der Waals surface area (Å²) >= 11 is 0. The third kappa shape index (κ3) is 4.49. The molecule has 8 nitrogen and oxygen atoms in total. The molecular formula is C20H34N4O4. The number of imide groups is 1. The molecule has 8 heteroatoms. The smallest absolute Gasteiger partial charge is 0.325 e. The number of urea groups is 1. The summed E-state index contributed by atoms with van der Waals surface area (Å²) in [6.45, 7) is 4.46. The quantitative estimate of drug-likeness (QED) is 0.499. The minimum atomic E-state index is -0.785. The summed E-state index contributed by atoms with van der Waals surface area (Å²) in [4.78, 5) is 40.9. The molecule has 0 radical (unpaired) electrons. The maximum atomic E-state index is 12.9. The molecule has 3 aliphatic rings. The zero-order chi connectivity index (χ0) is 20.1. The summed E-state index contributed by atoms with van der Waals surface area (Å²) in [5, 5.41) is 2.89. The van der Waals surface area contributed by atoms with E-state index in [1.165, 1.54) is 0 Å². The first-order valence-corrected chi connectivity index (χ1v) is 10.7. The highest BCUT2D eigenvalue weighted by Crippen LogP contribution is 2.37. The highest BCUT2D eigenvalue weighted by atomic mass is 16.5. The monoisotopic (exact) mass is 394 g/mol. The largest absolute Gasteiger partial charge is 0.378 e. The van der Waals surface area contributed by atoms with Gasteiger partial charge in [0.15, 0.2) is 0 Å². The van der Waals surface area contributed by atoms with E-state index in [1.807, 2.05) is 0 Å². The summed E-state index contributed by atoms with van der Waals surface area (Å²) in [5.41, 5.74) is 4.69. The number of likely N-dealkylation sites (tertiary alicyclic amines) is 1. The van der Waals surface area contributed by atoms with Gasteiger partial charge in [-0.25, -0.2) is 4.79 Å². The molecule has 28 heavy (non-hydrogen) atoms. The van der Waals surface area contributed by atoms with Crippen LogP contribution in [0.5, 0.6) is 0 Å². The van der Waals surface area contributed by atoms with Gasteiger partial charge in [-0.05, 0) is 57.4 Å². The van der Waals surface area contributed by atoms with Gasteiger partial charge in [-0.15, -0.1) is 0 Å². The molecule has 0 unspecified atom stereocenters. The van der Waals surface area contributed by atoms with Gasteiger partial charge in [-0.3, -0.25) is 14.5 Å². The molecule has 0 bridgehead atoms. The molecule has 1 saturated carbocycles. The lowest BCUT2D eigenvalue weighted by atomic mass is 9.75. The van der Waals surface area contributed by atoms with Crippen LogP contribution in [-0.2, 0) is 14.3 Å². The van der Waals surface area contributed by atoms with E-state index in [4.69, 9.17) is 10.5 Å². The number of nitrogens with one attached hydrogen (secondary N) is 1. The normalized spacial score (nSPS) is 28.9. The number of rotatable bonds is 7. The highest BCUT2D eigenvalue weighted by Gasteiger charge is 2.52. The first-order valence-electron chi connectivity index (χ1n) is 10.7. The Morgan fingerprint density at radius 3 is 2.50 bits per heavy atom. The molecule has 2 saturated heterocycles. The molecule has 3 fully saturated rings. The van der Waals surface area contributed by atoms with Crippen LogP contribution >= 0.6 is 0 Å². The second-order valence-electron chi connectivity index (χ2n) is 8.35. The van der Waals surface area contributed by atoms with Crippen molar-refractivity contribution >= 4 is 17.8 Å². The molecule has 2 aliphatic heterocycles. The molecule has 0 aromatic rings. The van der Waals surface area contributed by atoms with Crippen molar-refractivity contribution in [3.8, 4) is 0 Å². The molecule has 3 N–H and O–H groups in total. The first-order chi connectivity index (χ1) is 13.5. The zero-order valence-electron chi connectivity index (χ0n) is 17.0. The number of carbonyl (C=O) groups is 3. The summed E-state index contributed by atoms with van der Waals surface area (Å²) in [5.74, 6) is 0.239. The van der Waals surface area contributed by atoms with Gasteiger partial charge in [-0.2, -0.15) is 0 Å². The van der Waals surface area contributed by atoms with Crippen molar-refractivity contribution in [3.63, 3.8) is 0 Å². The third-order valence-electron chi connectivity index (χ3n) is 6.57. The van der Waals surface area contributed by atoms with Crippen molar-refractivity contribution in [2.24, 2.45) is 11.7 Å². The Hall–Kier alpha value is -1.67. The van der Waals surface area contributed by atoms with Crippen molar-refractivity contribution in [2.45, 2.75) is 69.9 Å². The average molecular weight is 395 g/mol. The fourth-order valence-corrected chi connectivity index (χ4v) is 4.58. The Kier molecular flexibility index (Phi) is 6.93. The van der Waals surface area contributed by atoms with Gasteiger partial charge in [0.05, 0.1) is 6.10 Å². The van der Waals surface area contributed by atoms with E-state index in [0.717, 1.165) is 43.4 Å². The molecule has 4 amide bonds. The van der Waals surface area contributed by atoms with E-state index in [9.17, 15) is 14.4 Å². The van der Waals surface area contributed by atoms with E-state index < -0.39 is 11.6 Å². The van der Waals surface area contributed by atoms with Gasteiger partial charge >= 0.3 is 6.03 Å². The van der Waals surface area contributed by atoms with Gasteiger partial charge in [0.25, 0.3) is 5.91 Å². The van der Waals surface area contributed by atoms with Crippen LogP contribution in [0.2, 0.25) is 0 Å². The molecular weight excluding hydrogens is 360 g/mol. The maximum absolute atomic E-state index is 12.9. The molecule has 1 spiro atoms. The van der Waals surface area contributed by atoms with Crippen LogP contribution in [0.1, 0.15) is 58.3 Å². The van der Waals surface area contributed by atoms with Crippen LogP contribution < -0.4 is 11.1 Å². The maximum Gasteiger partial charge on any atom is 0.325 e. The number of carbonyl (C=O) groups excluding carboxylic acids is 3. The van der Waals surface area contributed by atoms with Gasteiger partial charge in [-0.1, -0.05) is 13.3 Å². The van der Waals surface area contributed by atoms with Crippen LogP contribution in [0.3, 0.4) is 0 Å². The minimum absolute atomic E-state index is 0.157. The summed E-state index contributed by atoms with van der Waals surface area (Å²) < 4.78 is 5.77. The molecule has 0 aromatic carbocycles. The lowest BCUT2D eigenvalue weighted by Crippen LogP contribution is -2.50. The van der Waals surface area contributed by atoms with Crippen LogP contribution in [0.4, 0.5) is 4.79 Å². The van der Waals surface area contributed by atoms with E-state index in [2.05, 4.69) is 12.2 Å². The molecule has 2 heterocycles. The van der Waals surface area contributed by atoms with Crippen molar-refractivity contribution in [1.29, 1.82) is 0 Å². The van der Waals surface area contributed by atoms with Crippen LogP contribution in [0.25, 0.3) is 0 Å². The van der Waals surface area contributed by atoms with Crippen molar-refractivity contribution < 1.29 is 19.1 Å². The van der Waals surface area contributed by atoms with Crippen molar-refractivity contribution in [3.05, 3.63) is 0 Å².